The summed E-state index contributed by atoms with van der Waals surface area (Å²) < 4.78 is 7.59. The first-order valence-electron chi connectivity index (χ1n) is 13.2. The third-order valence-electron chi connectivity index (χ3n) is 7.02. The Morgan fingerprint density at radius 1 is 0.921 bits per heavy atom. The number of ether oxygens (including phenoxy) is 1. The molecule has 0 bridgehead atoms. The number of rotatable bonds is 7. The minimum Gasteiger partial charge on any atom is -0.492 e. The lowest BCUT2D eigenvalue weighted by Gasteiger charge is -2.34. The molecule has 5 rings (SSSR count). The molecule has 1 saturated heterocycles. The van der Waals surface area contributed by atoms with Crippen LogP contribution in [-0.2, 0) is 12.0 Å². The van der Waals surface area contributed by atoms with Crippen LogP contribution in [0.5, 0.6) is 5.75 Å². The second-order valence-electron chi connectivity index (χ2n) is 10.9. The molecule has 0 amide bonds. The molecule has 3 heterocycles. The van der Waals surface area contributed by atoms with Crippen LogP contribution in [0.1, 0.15) is 26.3 Å². The monoisotopic (exact) mass is 512 g/mol. The number of nitrogens with zero attached hydrogens (tertiary/aromatic N) is 5. The van der Waals surface area contributed by atoms with E-state index in [1.54, 1.807) is 22.9 Å². The molecule has 38 heavy (non-hydrogen) atoms. The van der Waals surface area contributed by atoms with Crippen LogP contribution in [0.2, 0.25) is 0 Å². The van der Waals surface area contributed by atoms with Crippen LogP contribution in [0.4, 0.5) is 17.3 Å². The van der Waals surface area contributed by atoms with Gasteiger partial charge in [0.2, 0.25) is 5.95 Å². The van der Waals surface area contributed by atoms with Crippen molar-refractivity contribution in [2.45, 2.75) is 32.7 Å². The van der Waals surface area contributed by atoms with Gasteiger partial charge in [0, 0.05) is 55.2 Å². The second-order valence-corrected chi connectivity index (χ2v) is 10.9. The molecule has 0 aliphatic carbocycles. The van der Waals surface area contributed by atoms with Gasteiger partial charge in [0.25, 0.3) is 5.56 Å². The molecule has 0 saturated carbocycles. The summed E-state index contributed by atoms with van der Waals surface area (Å²) in [4.78, 5) is 26.6. The van der Waals surface area contributed by atoms with E-state index in [2.05, 4.69) is 77.2 Å². The van der Waals surface area contributed by atoms with Gasteiger partial charge in [-0.25, -0.2) is 4.98 Å². The third kappa shape index (κ3) is 5.97. The van der Waals surface area contributed by atoms with Gasteiger partial charge >= 0.3 is 0 Å². The topological polar surface area (TPSA) is 75.5 Å². The molecule has 1 aliphatic heterocycles. The first-order chi connectivity index (χ1) is 18.3. The molecule has 0 atom stereocenters. The predicted molar refractivity (Wildman–Crippen MR) is 154 cm³/mol. The summed E-state index contributed by atoms with van der Waals surface area (Å²) in [6.45, 7) is 11.5. The van der Waals surface area contributed by atoms with Crippen molar-refractivity contribution in [2.75, 3.05) is 50.1 Å². The molecule has 8 nitrogen and oxygen atoms in total. The van der Waals surface area contributed by atoms with Crippen molar-refractivity contribution in [3.05, 3.63) is 82.8 Å². The fourth-order valence-electron chi connectivity index (χ4n) is 4.60. The molecule has 1 fully saturated rings. The zero-order valence-electron chi connectivity index (χ0n) is 22.6. The molecule has 4 aromatic rings. The second kappa shape index (κ2) is 10.8. The van der Waals surface area contributed by atoms with Crippen LogP contribution in [0, 0.1) is 0 Å². The molecule has 1 N–H and O–H groups in total. The van der Waals surface area contributed by atoms with Crippen molar-refractivity contribution in [1.29, 1.82) is 0 Å². The van der Waals surface area contributed by atoms with Crippen molar-refractivity contribution >= 4 is 28.4 Å². The standard InChI is InChI=1S/C30H36N6O2/c1-30(2,3)23-6-12-26(13-7-23)38-20-19-36-27(37)14-5-22-21-31-29(33-28(22)36)32-24-8-10-25(11-9-24)35-17-15-34(4)16-18-35/h5-14,21H,15-20H2,1-4H3,(H,31,32,33). The SMILES string of the molecule is CN1CCN(c2ccc(Nc3ncc4ccc(=O)n(CCOc5ccc(C(C)(C)C)cc5)c4n3)cc2)CC1. The Hall–Kier alpha value is -3.91. The average Bonchev–Trinajstić information content (AvgIpc) is 2.91. The number of hydrogen-bond acceptors (Lipinski definition) is 7. The van der Waals surface area contributed by atoms with Crippen LogP contribution in [-0.4, -0.2) is 59.3 Å². The number of anilines is 3. The number of benzene rings is 2. The summed E-state index contributed by atoms with van der Waals surface area (Å²) in [5.74, 6) is 1.23. The number of piperazine rings is 1. The third-order valence-corrected chi connectivity index (χ3v) is 7.02. The summed E-state index contributed by atoms with van der Waals surface area (Å²) >= 11 is 0. The summed E-state index contributed by atoms with van der Waals surface area (Å²) in [6.07, 6.45) is 1.74. The molecule has 0 unspecified atom stereocenters. The maximum atomic E-state index is 12.7. The average molecular weight is 513 g/mol. The van der Waals surface area contributed by atoms with Gasteiger partial charge in [-0.15, -0.1) is 0 Å². The fourth-order valence-corrected chi connectivity index (χ4v) is 4.60. The van der Waals surface area contributed by atoms with Crippen molar-refractivity contribution in [2.24, 2.45) is 0 Å². The molecule has 2 aromatic heterocycles. The smallest absolute Gasteiger partial charge is 0.252 e. The van der Waals surface area contributed by atoms with Gasteiger partial charge in [-0.3, -0.25) is 9.36 Å². The first-order valence-corrected chi connectivity index (χ1v) is 13.2. The van der Waals surface area contributed by atoms with E-state index in [4.69, 9.17) is 4.74 Å². The van der Waals surface area contributed by atoms with E-state index in [0.717, 1.165) is 43.0 Å². The van der Waals surface area contributed by atoms with Gasteiger partial charge in [0.1, 0.15) is 18.0 Å². The number of likely N-dealkylation sites (N-methyl/N-ethyl adjacent to an activating group) is 1. The highest BCUT2D eigenvalue weighted by atomic mass is 16.5. The van der Waals surface area contributed by atoms with Crippen molar-refractivity contribution in [1.82, 2.24) is 19.4 Å². The van der Waals surface area contributed by atoms with Gasteiger partial charge in [-0.1, -0.05) is 32.9 Å². The van der Waals surface area contributed by atoms with Crippen molar-refractivity contribution in [3.63, 3.8) is 0 Å². The molecule has 198 valence electrons. The number of hydrogen-bond donors (Lipinski definition) is 1. The highest BCUT2D eigenvalue weighted by molar-refractivity contribution is 5.75. The van der Waals surface area contributed by atoms with Crippen LogP contribution in [0.3, 0.4) is 0 Å². The van der Waals surface area contributed by atoms with Crippen molar-refractivity contribution < 1.29 is 4.74 Å². The van der Waals surface area contributed by atoms with Gasteiger partial charge < -0.3 is 19.9 Å². The van der Waals surface area contributed by atoms with Crippen molar-refractivity contribution in [3.8, 4) is 5.75 Å². The summed E-state index contributed by atoms with van der Waals surface area (Å²) in [5.41, 5.74) is 3.91. The number of nitrogens with one attached hydrogen (secondary N) is 1. The quantitative estimate of drug-likeness (QED) is 0.386. The first kappa shape index (κ1) is 25.7. The van der Waals surface area contributed by atoms with E-state index < -0.39 is 0 Å². The van der Waals surface area contributed by atoms with E-state index in [-0.39, 0.29) is 11.0 Å². The zero-order valence-corrected chi connectivity index (χ0v) is 22.6. The number of pyridine rings is 1. The summed E-state index contributed by atoms with van der Waals surface area (Å²) in [7, 11) is 2.16. The van der Waals surface area contributed by atoms with Crippen LogP contribution in [0.15, 0.2) is 71.7 Å². The Morgan fingerprint density at radius 3 is 2.32 bits per heavy atom. The molecule has 8 heteroatoms. The van der Waals surface area contributed by atoms with Crippen LogP contribution in [0.25, 0.3) is 11.0 Å². The number of aromatic nitrogens is 3. The van der Waals surface area contributed by atoms with Crippen LogP contribution >= 0.6 is 0 Å². The van der Waals surface area contributed by atoms with E-state index in [9.17, 15) is 4.79 Å². The minimum absolute atomic E-state index is 0.0902. The zero-order chi connectivity index (χ0) is 26.7. The lowest BCUT2D eigenvalue weighted by Crippen LogP contribution is -2.44. The summed E-state index contributed by atoms with van der Waals surface area (Å²) in [6, 6.07) is 19.8. The lowest BCUT2D eigenvalue weighted by atomic mass is 9.87. The molecular formula is C30H36N6O2. The Labute approximate surface area is 223 Å². The Bertz CT molecular complexity index is 1430. The molecule has 0 spiro atoms. The van der Waals surface area contributed by atoms with Gasteiger partial charge in [0.05, 0.1) is 6.54 Å². The van der Waals surface area contributed by atoms with E-state index in [1.165, 1.54) is 11.3 Å². The molecule has 0 radical (unpaired) electrons. The maximum Gasteiger partial charge on any atom is 0.252 e. The lowest BCUT2D eigenvalue weighted by molar-refractivity contribution is 0.298. The van der Waals surface area contributed by atoms with Gasteiger partial charge in [0.15, 0.2) is 0 Å². The Kier molecular flexibility index (Phi) is 7.33. The number of fused-ring (bicyclic) bond motifs is 1. The van der Waals surface area contributed by atoms with E-state index in [1.807, 2.05) is 24.3 Å². The molecule has 1 aliphatic rings. The van der Waals surface area contributed by atoms with E-state index in [0.29, 0.717) is 24.7 Å². The normalized spacial score (nSPS) is 14.6. The van der Waals surface area contributed by atoms with Gasteiger partial charge in [-0.2, -0.15) is 4.98 Å². The van der Waals surface area contributed by atoms with Crippen LogP contribution < -0.4 is 20.5 Å². The highest BCUT2D eigenvalue weighted by Gasteiger charge is 2.15. The van der Waals surface area contributed by atoms with E-state index >= 15 is 0 Å². The Morgan fingerprint density at radius 2 is 1.63 bits per heavy atom. The predicted octanol–water partition coefficient (Wildman–Crippen LogP) is 4.66. The van der Waals surface area contributed by atoms with Gasteiger partial charge in [-0.05, 0) is 60.5 Å². The maximum absolute atomic E-state index is 12.7. The largest absolute Gasteiger partial charge is 0.492 e. The summed E-state index contributed by atoms with van der Waals surface area (Å²) in [5, 5.41) is 4.08. The molecule has 2 aromatic carbocycles. The highest BCUT2D eigenvalue weighted by Crippen LogP contribution is 2.25. The Balaban J connectivity index is 1.27. The fraction of sp³-hybridized carbons (Fsp3) is 0.367. The minimum atomic E-state index is -0.120. The molecular weight excluding hydrogens is 476 g/mol.